The molecule has 1 N–H and O–H groups in total. The van der Waals surface area contributed by atoms with E-state index in [1.807, 2.05) is 0 Å². The summed E-state index contributed by atoms with van der Waals surface area (Å²) in [6.07, 6.45) is -0.907. The topological polar surface area (TPSA) is 79.7 Å². The van der Waals surface area contributed by atoms with Gasteiger partial charge < -0.3 is 9.84 Å². The number of carbonyl (C=O) groups is 2. The zero-order valence-corrected chi connectivity index (χ0v) is 14.5. The first-order valence-corrected chi connectivity index (χ1v) is 7.65. The zero-order chi connectivity index (χ0) is 18.8. The van der Waals surface area contributed by atoms with Crippen molar-refractivity contribution in [2.24, 2.45) is 0 Å². The first-order chi connectivity index (χ1) is 11.6. The molecular formula is C17H16ClFN2O4. The maximum absolute atomic E-state index is 13.6. The number of carbonyl (C=O) groups excluding carboxylic acids is 1. The maximum Gasteiger partial charge on any atom is 0.420 e. The zero-order valence-electron chi connectivity index (χ0n) is 13.8. The SMILES string of the molecule is CC(C)(C)OC(=O)N(c1cccc(F)c1)c1nc(Cl)ccc1C(=O)O. The maximum atomic E-state index is 13.6. The Labute approximate surface area is 148 Å². The molecule has 0 bridgehead atoms. The molecule has 0 aliphatic carbocycles. The van der Waals surface area contributed by atoms with Crippen LogP contribution in [0.2, 0.25) is 5.15 Å². The fourth-order valence-electron chi connectivity index (χ4n) is 2.00. The minimum Gasteiger partial charge on any atom is -0.478 e. The van der Waals surface area contributed by atoms with Gasteiger partial charge in [-0.25, -0.2) is 23.9 Å². The standard InChI is InChI=1S/C17H16ClFN2O4/c1-17(2,3)25-16(24)21(11-6-4-5-10(19)9-11)14-12(15(22)23)7-8-13(18)20-14/h4-9H,1-3H3,(H,22,23). The van der Waals surface area contributed by atoms with Gasteiger partial charge in [0.15, 0.2) is 5.82 Å². The van der Waals surface area contributed by atoms with Crippen molar-refractivity contribution in [3.8, 4) is 0 Å². The molecule has 0 atom stereocenters. The molecule has 2 rings (SSSR count). The lowest BCUT2D eigenvalue weighted by Crippen LogP contribution is -2.35. The van der Waals surface area contributed by atoms with E-state index in [0.29, 0.717) is 0 Å². The minimum absolute atomic E-state index is 0.0232. The van der Waals surface area contributed by atoms with Gasteiger partial charge in [-0.3, -0.25) is 0 Å². The van der Waals surface area contributed by atoms with Gasteiger partial charge in [0.25, 0.3) is 0 Å². The van der Waals surface area contributed by atoms with Gasteiger partial charge in [-0.2, -0.15) is 0 Å². The molecule has 2 aromatic rings. The number of aromatic carboxylic acids is 1. The molecular weight excluding hydrogens is 351 g/mol. The highest BCUT2D eigenvalue weighted by Gasteiger charge is 2.29. The summed E-state index contributed by atoms with van der Waals surface area (Å²) in [4.78, 5) is 29.0. The van der Waals surface area contributed by atoms with Crippen molar-refractivity contribution < 1.29 is 23.8 Å². The van der Waals surface area contributed by atoms with Crippen LogP contribution >= 0.6 is 11.6 Å². The number of ether oxygens (including phenoxy) is 1. The van der Waals surface area contributed by atoms with Crippen LogP contribution in [0, 0.1) is 5.82 Å². The van der Waals surface area contributed by atoms with Gasteiger partial charge in [-0.1, -0.05) is 17.7 Å². The van der Waals surface area contributed by atoms with Gasteiger partial charge >= 0.3 is 12.1 Å². The summed E-state index contributed by atoms with van der Waals surface area (Å²) >= 11 is 5.87. The third kappa shape index (κ3) is 4.67. The normalized spacial score (nSPS) is 11.1. The second kappa shape index (κ2) is 7.06. The Morgan fingerprint density at radius 1 is 1.24 bits per heavy atom. The molecule has 0 aliphatic rings. The number of anilines is 2. The molecule has 0 unspecified atom stereocenters. The number of amides is 1. The summed E-state index contributed by atoms with van der Waals surface area (Å²) in [5, 5.41) is 9.36. The van der Waals surface area contributed by atoms with E-state index >= 15 is 0 Å². The number of nitrogens with zero attached hydrogens (tertiary/aromatic N) is 2. The molecule has 0 saturated heterocycles. The van der Waals surface area contributed by atoms with Gasteiger partial charge in [-0.05, 0) is 51.1 Å². The molecule has 0 spiro atoms. The molecule has 132 valence electrons. The molecule has 1 amide bonds. The van der Waals surface area contributed by atoms with E-state index in [0.717, 1.165) is 11.0 Å². The number of hydrogen-bond acceptors (Lipinski definition) is 4. The molecule has 1 heterocycles. The van der Waals surface area contributed by atoms with E-state index in [-0.39, 0.29) is 22.2 Å². The number of benzene rings is 1. The Hall–Kier alpha value is -2.67. The fraction of sp³-hybridized carbons (Fsp3) is 0.235. The Morgan fingerprint density at radius 2 is 1.92 bits per heavy atom. The molecule has 0 radical (unpaired) electrons. The van der Waals surface area contributed by atoms with Crippen LogP contribution in [-0.2, 0) is 4.74 Å². The number of aromatic nitrogens is 1. The van der Waals surface area contributed by atoms with E-state index in [1.54, 1.807) is 20.8 Å². The van der Waals surface area contributed by atoms with Gasteiger partial charge in [0.05, 0.1) is 5.69 Å². The smallest absolute Gasteiger partial charge is 0.420 e. The van der Waals surface area contributed by atoms with Crippen LogP contribution in [0.5, 0.6) is 0 Å². The quantitative estimate of drug-likeness (QED) is 0.800. The Balaban J connectivity index is 2.66. The summed E-state index contributed by atoms with van der Waals surface area (Å²) in [5.41, 5.74) is -1.07. The highest BCUT2D eigenvalue weighted by atomic mass is 35.5. The van der Waals surface area contributed by atoms with Crippen molar-refractivity contribution in [1.29, 1.82) is 0 Å². The highest BCUT2D eigenvalue weighted by Crippen LogP contribution is 2.30. The van der Waals surface area contributed by atoms with E-state index in [9.17, 15) is 19.1 Å². The molecule has 1 aromatic heterocycles. The Kier molecular flexibility index (Phi) is 5.27. The second-order valence-electron chi connectivity index (χ2n) is 6.11. The van der Waals surface area contributed by atoms with Crippen molar-refractivity contribution in [2.45, 2.75) is 26.4 Å². The van der Waals surface area contributed by atoms with Gasteiger partial charge in [0, 0.05) is 0 Å². The summed E-state index contributed by atoms with van der Waals surface area (Å²) in [5.74, 6) is -2.19. The number of pyridine rings is 1. The predicted octanol–water partition coefficient (Wildman–Crippen LogP) is 4.65. The largest absolute Gasteiger partial charge is 0.478 e. The van der Waals surface area contributed by atoms with E-state index < -0.39 is 23.5 Å². The lowest BCUT2D eigenvalue weighted by molar-refractivity contribution is 0.0598. The molecule has 0 saturated carbocycles. The fourth-order valence-corrected chi connectivity index (χ4v) is 2.14. The number of halogens is 2. The first kappa shape index (κ1) is 18.7. The third-order valence-electron chi connectivity index (χ3n) is 2.93. The summed E-state index contributed by atoms with van der Waals surface area (Å²) in [7, 11) is 0. The van der Waals surface area contributed by atoms with Crippen molar-refractivity contribution in [2.75, 3.05) is 4.90 Å². The van der Waals surface area contributed by atoms with Crippen molar-refractivity contribution >= 4 is 35.2 Å². The van der Waals surface area contributed by atoms with Crippen molar-refractivity contribution in [3.05, 3.63) is 52.9 Å². The van der Waals surface area contributed by atoms with Crippen LogP contribution in [0.1, 0.15) is 31.1 Å². The summed E-state index contributed by atoms with van der Waals surface area (Å²) < 4.78 is 19.0. The average molecular weight is 367 g/mol. The number of rotatable bonds is 3. The summed E-state index contributed by atoms with van der Waals surface area (Å²) in [6, 6.07) is 7.57. The van der Waals surface area contributed by atoms with E-state index in [2.05, 4.69) is 4.98 Å². The van der Waals surface area contributed by atoms with Crippen LogP contribution in [-0.4, -0.2) is 27.8 Å². The van der Waals surface area contributed by atoms with Crippen LogP contribution < -0.4 is 4.90 Å². The number of carboxylic acids is 1. The van der Waals surface area contributed by atoms with Crippen molar-refractivity contribution in [3.63, 3.8) is 0 Å². The van der Waals surface area contributed by atoms with Crippen LogP contribution in [0.4, 0.5) is 20.7 Å². The number of carboxylic acid groups (broad SMARTS) is 1. The molecule has 25 heavy (non-hydrogen) atoms. The van der Waals surface area contributed by atoms with Crippen molar-refractivity contribution in [1.82, 2.24) is 4.98 Å². The molecule has 1 aromatic carbocycles. The molecule has 0 fully saturated rings. The van der Waals surface area contributed by atoms with Gasteiger partial charge in [0.1, 0.15) is 22.1 Å². The van der Waals surface area contributed by atoms with E-state index in [4.69, 9.17) is 16.3 Å². The number of hydrogen-bond donors (Lipinski definition) is 1. The lowest BCUT2D eigenvalue weighted by atomic mass is 10.2. The third-order valence-corrected chi connectivity index (χ3v) is 3.14. The summed E-state index contributed by atoms with van der Waals surface area (Å²) in [6.45, 7) is 4.95. The first-order valence-electron chi connectivity index (χ1n) is 7.27. The molecule has 0 aliphatic heterocycles. The minimum atomic E-state index is -1.32. The molecule has 6 nitrogen and oxygen atoms in total. The Bertz CT molecular complexity index is 821. The van der Waals surface area contributed by atoms with Gasteiger partial charge in [0.2, 0.25) is 0 Å². The van der Waals surface area contributed by atoms with Gasteiger partial charge in [-0.15, -0.1) is 0 Å². The molecule has 8 heteroatoms. The Morgan fingerprint density at radius 3 is 2.48 bits per heavy atom. The average Bonchev–Trinajstić information content (AvgIpc) is 2.45. The van der Waals surface area contributed by atoms with Crippen LogP contribution in [0.25, 0.3) is 0 Å². The van der Waals surface area contributed by atoms with Crippen LogP contribution in [0.15, 0.2) is 36.4 Å². The van der Waals surface area contributed by atoms with E-state index in [1.165, 1.54) is 30.3 Å². The monoisotopic (exact) mass is 366 g/mol. The highest BCUT2D eigenvalue weighted by molar-refractivity contribution is 6.29. The second-order valence-corrected chi connectivity index (χ2v) is 6.49. The lowest BCUT2D eigenvalue weighted by Gasteiger charge is -2.27. The predicted molar refractivity (Wildman–Crippen MR) is 91.0 cm³/mol. The van der Waals surface area contributed by atoms with Crippen LogP contribution in [0.3, 0.4) is 0 Å².